The van der Waals surface area contributed by atoms with E-state index in [1.807, 2.05) is 30.5 Å². The van der Waals surface area contributed by atoms with Crippen molar-refractivity contribution in [3.8, 4) is 0 Å². The molecule has 0 aliphatic heterocycles. The maximum absolute atomic E-state index is 12.1. The lowest BCUT2D eigenvalue weighted by Gasteiger charge is -2.05. The number of H-pyrrole nitrogens is 1. The summed E-state index contributed by atoms with van der Waals surface area (Å²) in [7, 11) is 0. The van der Waals surface area contributed by atoms with E-state index in [0.29, 0.717) is 17.3 Å². The summed E-state index contributed by atoms with van der Waals surface area (Å²) in [6, 6.07) is 11.1. The van der Waals surface area contributed by atoms with Crippen LogP contribution in [-0.2, 0) is 6.54 Å². The summed E-state index contributed by atoms with van der Waals surface area (Å²) >= 11 is 5.90. The number of fused-ring (bicyclic) bond motifs is 1. The van der Waals surface area contributed by atoms with Crippen molar-refractivity contribution in [3.05, 3.63) is 65.1 Å². The lowest BCUT2D eigenvalue weighted by atomic mass is 10.2. The molecule has 3 aromatic rings. The van der Waals surface area contributed by atoms with E-state index in [9.17, 15) is 4.79 Å². The third kappa shape index (κ3) is 3.54. The number of carbonyl (C=O) groups is 1. The van der Waals surface area contributed by atoms with Crippen LogP contribution in [0.4, 0.5) is 0 Å². The fourth-order valence-electron chi connectivity index (χ4n) is 1.99. The Morgan fingerprint density at radius 3 is 2.95 bits per heavy atom. The van der Waals surface area contributed by atoms with Gasteiger partial charge >= 0.3 is 0 Å². The number of rotatable bonds is 3. The SMILES string of the molecule is Cl.O=C(NCc1cccc(Cl)c1)c1cc2cc[nH]c2cn1. The first kappa shape index (κ1) is 15.4. The molecule has 108 valence electrons. The van der Waals surface area contributed by atoms with Crippen molar-refractivity contribution in [2.75, 3.05) is 0 Å². The van der Waals surface area contributed by atoms with Crippen LogP contribution < -0.4 is 5.32 Å². The van der Waals surface area contributed by atoms with Crippen molar-refractivity contribution in [1.82, 2.24) is 15.3 Å². The summed E-state index contributed by atoms with van der Waals surface area (Å²) in [6.45, 7) is 0.423. The molecule has 0 atom stereocenters. The van der Waals surface area contributed by atoms with Gasteiger partial charge in [-0.25, -0.2) is 4.98 Å². The van der Waals surface area contributed by atoms with Crippen LogP contribution >= 0.6 is 24.0 Å². The molecule has 2 aromatic heterocycles. The Hall–Kier alpha value is -2.04. The number of nitrogens with zero attached hydrogens (tertiary/aromatic N) is 1. The largest absolute Gasteiger partial charge is 0.360 e. The average molecular weight is 322 g/mol. The molecule has 0 unspecified atom stereocenters. The number of benzene rings is 1. The number of aromatic amines is 1. The standard InChI is InChI=1S/C15H12ClN3O.ClH/c16-12-3-1-2-10(6-12)8-19-15(20)13-7-11-4-5-17-14(11)9-18-13;/h1-7,9,17H,8H2,(H,19,20);1H. The highest BCUT2D eigenvalue weighted by molar-refractivity contribution is 6.30. The molecule has 0 radical (unpaired) electrons. The van der Waals surface area contributed by atoms with E-state index in [1.165, 1.54) is 0 Å². The fourth-order valence-corrected chi connectivity index (χ4v) is 2.21. The van der Waals surface area contributed by atoms with Crippen LogP contribution in [0.1, 0.15) is 16.1 Å². The van der Waals surface area contributed by atoms with Crippen LogP contribution in [0.3, 0.4) is 0 Å². The predicted octanol–water partition coefficient (Wildman–Crippen LogP) is 3.57. The summed E-state index contributed by atoms with van der Waals surface area (Å²) in [5.41, 5.74) is 2.27. The molecular weight excluding hydrogens is 309 g/mol. The van der Waals surface area contributed by atoms with Crippen LogP contribution in [0.15, 0.2) is 48.8 Å². The fraction of sp³-hybridized carbons (Fsp3) is 0.0667. The Labute approximate surface area is 132 Å². The Morgan fingerprint density at radius 2 is 2.14 bits per heavy atom. The van der Waals surface area contributed by atoms with Gasteiger partial charge in [-0.2, -0.15) is 0 Å². The van der Waals surface area contributed by atoms with Gasteiger partial charge in [0.2, 0.25) is 0 Å². The Kier molecular flexibility index (Phi) is 4.83. The molecule has 1 aromatic carbocycles. The van der Waals surface area contributed by atoms with E-state index >= 15 is 0 Å². The zero-order chi connectivity index (χ0) is 13.9. The van der Waals surface area contributed by atoms with Gasteiger partial charge in [0.1, 0.15) is 5.69 Å². The Bertz CT molecular complexity index is 770. The second-order valence-corrected chi connectivity index (χ2v) is 4.88. The molecule has 0 fully saturated rings. The van der Waals surface area contributed by atoms with Crippen LogP contribution in [0.5, 0.6) is 0 Å². The number of halogens is 2. The molecule has 1 amide bonds. The molecule has 0 saturated carbocycles. The molecule has 0 bridgehead atoms. The summed E-state index contributed by atoms with van der Waals surface area (Å²) in [4.78, 5) is 19.2. The molecule has 3 rings (SSSR count). The van der Waals surface area contributed by atoms with Gasteiger partial charge in [-0.3, -0.25) is 4.79 Å². The first-order valence-corrected chi connectivity index (χ1v) is 6.56. The molecule has 0 saturated heterocycles. The van der Waals surface area contributed by atoms with Crippen molar-refractivity contribution in [2.24, 2.45) is 0 Å². The van der Waals surface area contributed by atoms with Gasteiger partial charge in [0.15, 0.2) is 0 Å². The van der Waals surface area contributed by atoms with Crippen LogP contribution in [0, 0.1) is 0 Å². The number of aromatic nitrogens is 2. The van der Waals surface area contributed by atoms with Crippen LogP contribution in [0.2, 0.25) is 5.02 Å². The van der Waals surface area contributed by atoms with E-state index in [4.69, 9.17) is 11.6 Å². The first-order chi connectivity index (χ1) is 9.72. The number of hydrogen-bond acceptors (Lipinski definition) is 2. The molecule has 0 aliphatic carbocycles. The number of carbonyl (C=O) groups excluding carboxylic acids is 1. The zero-order valence-corrected chi connectivity index (χ0v) is 12.5. The second-order valence-electron chi connectivity index (χ2n) is 4.45. The summed E-state index contributed by atoms with van der Waals surface area (Å²) in [5.74, 6) is -0.201. The number of hydrogen-bond donors (Lipinski definition) is 2. The average Bonchev–Trinajstić information content (AvgIpc) is 2.92. The summed E-state index contributed by atoms with van der Waals surface area (Å²) < 4.78 is 0. The van der Waals surface area contributed by atoms with Crippen molar-refractivity contribution < 1.29 is 4.79 Å². The third-order valence-corrected chi connectivity index (χ3v) is 3.25. The lowest BCUT2D eigenvalue weighted by molar-refractivity contribution is 0.0946. The smallest absolute Gasteiger partial charge is 0.270 e. The Balaban J connectivity index is 0.00000161. The zero-order valence-electron chi connectivity index (χ0n) is 11.0. The van der Waals surface area contributed by atoms with Gasteiger partial charge in [-0.15, -0.1) is 12.4 Å². The van der Waals surface area contributed by atoms with Gasteiger partial charge < -0.3 is 10.3 Å². The van der Waals surface area contributed by atoms with E-state index in [1.54, 1.807) is 18.3 Å². The monoisotopic (exact) mass is 321 g/mol. The molecule has 0 spiro atoms. The van der Waals surface area contributed by atoms with Gasteiger partial charge in [-0.05, 0) is 29.8 Å². The van der Waals surface area contributed by atoms with Crippen molar-refractivity contribution in [2.45, 2.75) is 6.54 Å². The van der Waals surface area contributed by atoms with Crippen LogP contribution in [-0.4, -0.2) is 15.9 Å². The predicted molar refractivity (Wildman–Crippen MR) is 86.0 cm³/mol. The highest BCUT2D eigenvalue weighted by atomic mass is 35.5. The molecule has 2 heterocycles. The molecule has 21 heavy (non-hydrogen) atoms. The molecule has 4 nitrogen and oxygen atoms in total. The number of nitrogens with one attached hydrogen (secondary N) is 2. The molecular formula is C15H13Cl2N3O. The molecule has 0 aliphatic rings. The third-order valence-electron chi connectivity index (χ3n) is 3.01. The molecule has 6 heteroatoms. The van der Waals surface area contributed by atoms with E-state index in [2.05, 4.69) is 15.3 Å². The van der Waals surface area contributed by atoms with Crippen molar-refractivity contribution in [3.63, 3.8) is 0 Å². The van der Waals surface area contributed by atoms with Crippen LogP contribution in [0.25, 0.3) is 10.9 Å². The minimum Gasteiger partial charge on any atom is -0.360 e. The van der Waals surface area contributed by atoms with Gasteiger partial charge in [0.05, 0.1) is 11.7 Å². The normalized spacial score (nSPS) is 10.1. The number of pyridine rings is 1. The van der Waals surface area contributed by atoms with E-state index in [0.717, 1.165) is 16.5 Å². The van der Waals surface area contributed by atoms with E-state index in [-0.39, 0.29) is 18.3 Å². The maximum atomic E-state index is 12.1. The highest BCUT2D eigenvalue weighted by Gasteiger charge is 2.08. The quantitative estimate of drug-likeness (QED) is 0.774. The van der Waals surface area contributed by atoms with Gasteiger partial charge in [0, 0.05) is 23.2 Å². The number of amides is 1. The lowest BCUT2D eigenvalue weighted by Crippen LogP contribution is -2.23. The van der Waals surface area contributed by atoms with E-state index < -0.39 is 0 Å². The summed E-state index contributed by atoms with van der Waals surface area (Å²) in [6.07, 6.45) is 3.48. The minimum atomic E-state index is -0.201. The Morgan fingerprint density at radius 1 is 1.29 bits per heavy atom. The summed E-state index contributed by atoms with van der Waals surface area (Å²) in [5, 5.41) is 4.45. The topological polar surface area (TPSA) is 57.8 Å². The first-order valence-electron chi connectivity index (χ1n) is 6.18. The van der Waals surface area contributed by atoms with Crippen molar-refractivity contribution in [1.29, 1.82) is 0 Å². The maximum Gasteiger partial charge on any atom is 0.270 e. The van der Waals surface area contributed by atoms with Gasteiger partial charge in [-0.1, -0.05) is 23.7 Å². The molecule has 2 N–H and O–H groups in total. The second kappa shape index (κ2) is 6.61. The minimum absolute atomic E-state index is 0. The van der Waals surface area contributed by atoms with Gasteiger partial charge in [0.25, 0.3) is 5.91 Å². The highest BCUT2D eigenvalue weighted by Crippen LogP contribution is 2.13. The van der Waals surface area contributed by atoms with Crippen molar-refractivity contribution >= 4 is 40.8 Å².